The summed E-state index contributed by atoms with van der Waals surface area (Å²) < 4.78 is 0. The second kappa shape index (κ2) is 7.63. The van der Waals surface area contributed by atoms with Gasteiger partial charge in [-0.25, -0.2) is 4.79 Å². The van der Waals surface area contributed by atoms with Gasteiger partial charge in [-0.3, -0.25) is 19.3 Å². The first kappa shape index (κ1) is 18.7. The Bertz CT molecular complexity index is 598. The predicted octanol–water partition coefficient (Wildman–Crippen LogP) is 0.662. The van der Waals surface area contributed by atoms with Gasteiger partial charge in [0.1, 0.15) is 18.1 Å². The Hall–Kier alpha value is -2.12. The highest BCUT2D eigenvalue weighted by atomic mass is 16.2. The summed E-state index contributed by atoms with van der Waals surface area (Å²) in [5, 5.41) is 8.23. The highest BCUT2D eigenvalue weighted by molar-refractivity contribution is 6.09. The summed E-state index contributed by atoms with van der Waals surface area (Å²) >= 11 is 0. The fourth-order valence-corrected chi connectivity index (χ4v) is 4.20. The van der Waals surface area contributed by atoms with E-state index in [1.165, 1.54) is 0 Å². The lowest BCUT2D eigenvalue weighted by Gasteiger charge is -2.34. The topological polar surface area (TPSA) is 108 Å². The zero-order chi connectivity index (χ0) is 18.7. The summed E-state index contributed by atoms with van der Waals surface area (Å²) in [6.45, 7) is 2.41. The van der Waals surface area contributed by atoms with E-state index in [-0.39, 0.29) is 18.4 Å². The molecule has 8 nitrogen and oxygen atoms in total. The minimum Gasteiger partial charge on any atom is -0.354 e. The number of nitrogens with zero attached hydrogens (tertiary/aromatic N) is 1. The Morgan fingerprint density at radius 1 is 1.19 bits per heavy atom. The maximum atomic E-state index is 12.8. The molecule has 8 heteroatoms. The van der Waals surface area contributed by atoms with Crippen molar-refractivity contribution in [3.63, 3.8) is 0 Å². The van der Waals surface area contributed by atoms with Crippen LogP contribution in [0.3, 0.4) is 0 Å². The fraction of sp³-hybridized carbons (Fsp3) is 0.778. The average Bonchev–Trinajstić information content (AvgIpc) is 2.77. The van der Waals surface area contributed by atoms with Crippen LogP contribution in [0.5, 0.6) is 0 Å². The van der Waals surface area contributed by atoms with Gasteiger partial charge < -0.3 is 16.0 Å². The molecule has 1 aliphatic carbocycles. The summed E-state index contributed by atoms with van der Waals surface area (Å²) in [5.74, 6) is -0.397. The van der Waals surface area contributed by atoms with Crippen molar-refractivity contribution in [1.29, 1.82) is 0 Å². The number of nitrogens with one attached hydrogen (secondary N) is 3. The van der Waals surface area contributed by atoms with E-state index in [1.54, 1.807) is 0 Å². The molecule has 0 bridgehead atoms. The van der Waals surface area contributed by atoms with Crippen molar-refractivity contribution in [3.05, 3.63) is 0 Å². The maximum Gasteiger partial charge on any atom is 0.325 e. The van der Waals surface area contributed by atoms with Crippen LogP contribution in [-0.2, 0) is 14.4 Å². The van der Waals surface area contributed by atoms with Crippen LogP contribution in [0.2, 0.25) is 0 Å². The molecule has 2 heterocycles. The molecule has 1 atom stereocenters. The third kappa shape index (κ3) is 3.68. The van der Waals surface area contributed by atoms with Crippen LogP contribution >= 0.6 is 0 Å². The van der Waals surface area contributed by atoms with Crippen molar-refractivity contribution in [3.8, 4) is 0 Å². The number of rotatable bonds is 4. The van der Waals surface area contributed by atoms with E-state index in [1.807, 2.05) is 0 Å². The van der Waals surface area contributed by atoms with Gasteiger partial charge in [-0.05, 0) is 50.9 Å². The van der Waals surface area contributed by atoms with Crippen LogP contribution in [0.1, 0.15) is 58.3 Å². The van der Waals surface area contributed by atoms with E-state index < -0.39 is 23.5 Å². The number of carbonyl (C=O) groups is 4. The molecule has 0 aromatic rings. The van der Waals surface area contributed by atoms with Gasteiger partial charge in [0.2, 0.25) is 11.8 Å². The maximum absolute atomic E-state index is 12.8. The predicted molar refractivity (Wildman–Crippen MR) is 94.0 cm³/mol. The molecular formula is C18H28N4O4. The Morgan fingerprint density at radius 2 is 1.92 bits per heavy atom. The molecule has 3 aliphatic rings. The molecule has 144 valence electrons. The second-order valence-corrected chi connectivity index (χ2v) is 7.66. The summed E-state index contributed by atoms with van der Waals surface area (Å²) in [7, 11) is 0. The Morgan fingerprint density at radius 3 is 2.62 bits per heavy atom. The molecule has 3 fully saturated rings. The van der Waals surface area contributed by atoms with Crippen LogP contribution in [-0.4, -0.2) is 53.3 Å². The number of hydrogen-bond acceptors (Lipinski definition) is 4. The molecule has 0 aromatic heterocycles. The van der Waals surface area contributed by atoms with Crippen LogP contribution < -0.4 is 16.0 Å². The smallest absolute Gasteiger partial charge is 0.325 e. The van der Waals surface area contributed by atoms with Crippen molar-refractivity contribution in [2.45, 2.75) is 69.9 Å². The van der Waals surface area contributed by atoms with Crippen molar-refractivity contribution in [2.24, 2.45) is 5.92 Å². The molecule has 26 heavy (non-hydrogen) atoms. The summed E-state index contributed by atoms with van der Waals surface area (Å²) in [6.07, 6.45) is 6.43. The van der Waals surface area contributed by atoms with Gasteiger partial charge in [0.15, 0.2) is 0 Å². The molecule has 0 radical (unpaired) electrons. The van der Waals surface area contributed by atoms with Crippen molar-refractivity contribution >= 4 is 23.8 Å². The van der Waals surface area contributed by atoms with Gasteiger partial charge in [-0.1, -0.05) is 13.3 Å². The van der Waals surface area contributed by atoms with E-state index in [0.29, 0.717) is 31.7 Å². The zero-order valence-corrected chi connectivity index (χ0v) is 15.3. The standard InChI is InChI=1S/C18H28N4O4/c1-2-12-6-8-18(9-7-12)16(25)22(17(26)21-18)11-14(23)20-13-5-3-4-10-19-15(13)24/h12-13H,2-11H2,1H3,(H,19,24)(H,20,23)(H,21,26). The minimum absolute atomic E-state index is 0.206. The average molecular weight is 364 g/mol. The molecule has 3 N–H and O–H groups in total. The highest BCUT2D eigenvalue weighted by Gasteiger charge is 2.52. The Labute approximate surface area is 153 Å². The largest absolute Gasteiger partial charge is 0.354 e. The van der Waals surface area contributed by atoms with Gasteiger partial charge in [-0.15, -0.1) is 0 Å². The zero-order valence-electron chi connectivity index (χ0n) is 15.3. The van der Waals surface area contributed by atoms with Gasteiger partial charge in [0.25, 0.3) is 5.91 Å². The lowest BCUT2D eigenvalue weighted by molar-refractivity contribution is -0.136. The Kier molecular flexibility index (Phi) is 5.48. The molecule has 1 spiro atoms. The number of carbonyl (C=O) groups excluding carboxylic acids is 4. The van der Waals surface area contributed by atoms with E-state index in [4.69, 9.17) is 0 Å². The third-order valence-electron chi connectivity index (χ3n) is 5.95. The fourth-order valence-electron chi connectivity index (χ4n) is 4.20. The second-order valence-electron chi connectivity index (χ2n) is 7.66. The lowest BCUT2D eigenvalue weighted by atomic mass is 9.75. The number of hydrogen-bond donors (Lipinski definition) is 3. The minimum atomic E-state index is -0.845. The Balaban J connectivity index is 1.59. The van der Waals surface area contributed by atoms with E-state index in [9.17, 15) is 19.2 Å². The molecule has 0 aromatic carbocycles. The molecule has 2 aliphatic heterocycles. The number of amides is 5. The van der Waals surface area contributed by atoms with Crippen LogP contribution in [0.15, 0.2) is 0 Å². The number of imide groups is 1. The quantitative estimate of drug-likeness (QED) is 0.637. The molecule has 2 saturated heterocycles. The summed E-state index contributed by atoms with van der Waals surface area (Å²) in [6, 6.07) is -1.11. The molecule has 1 saturated carbocycles. The van der Waals surface area contributed by atoms with Crippen molar-refractivity contribution < 1.29 is 19.2 Å². The highest BCUT2D eigenvalue weighted by Crippen LogP contribution is 2.37. The third-order valence-corrected chi connectivity index (χ3v) is 5.95. The summed E-state index contributed by atoms with van der Waals surface area (Å²) in [4.78, 5) is 50.4. The van der Waals surface area contributed by atoms with Gasteiger partial charge >= 0.3 is 6.03 Å². The van der Waals surface area contributed by atoms with Gasteiger partial charge in [0, 0.05) is 6.54 Å². The van der Waals surface area contributed by atoms with Crippen LogP contribution in [0.4, 0.5) is 4.79 Å². The molecule has 3 rings (SSSR count). The summed E-state index contributed by atoms with van der Waals surface area (Å²) in [5.41, 5.74) is -0.845. The molecular weight excluding hydrogens is 336 g/mol. The van der Waals surface area contributed by atoms with Crippen molar-refractivity contribution in [2.75, 3.05) is 13.1 Å². The molecule has 5 amide bonds. The normalized spacial score (nSPS) is 32.2. The first-order valence-electron chi connectivity index (χ1n) is 9.66. The van der Waals surface area contributed by atoms with E-state index in [2.05, 4.69) is 22.9 Å². The SMILES string of the molecule is CCC1CCC2(CC1)NC(=O)N(CC(=O)NC1CCCCNC1=O)C2=O. The first-order valence-corrected chi connectivity index (χ1v) is 9.66. The lowest BCUT2D eigenvalue weighted by Crippen LogP contribution is -2.51. The first-order chi connectivity index (χ1) is 12.4. The molecule has 1 unspecified atom stereocenters. The van der Waals surface area contributed by atoms with E-state index in [0.717, 1.165) is 37.0 Å². The monoisotopic (exact) mass is 364 g/mol. The van der Waals surface area contributed by atoms with Crippen molar-refractivity contribution in [1.82, 2.24) is 20.9 Å². The van der Waals surface area contributed by atoms with E-state index >= 15 is 0 Å². The number of urea groups is 1. The van der Waals surface area contributed by atoms with Gasteiger partial charge in [0.05, 0.1) is 0 Å². The van der Waals surface area contributed by atoms with Gasteiger partial charge in [-0.2, -0.15) is 0 Å². The van der Waals surface area contributed by atoms with Crippen LogP contribution in [0.25, 0.3) is 0 Å². The van der Waals surface area contributed by atoms with Crippen LogP contribution in [0, 0.1) is 5.92 Å².